The summed E-state index contributed by atoms with van der Waals surface area (Å²) in [5.74, 6) is 0.0240. The van der Waals surface area contributed by atoms with Gasteiger partial charge in [-0.05, 0) is 35.8 Å². The third-order valence-electron chi connectivity index (χ3n) is 5.45. The van der Waals surface area contributed by atoms with Crippen molar-refractivity contribution in [2.75, 3.05) is 11.4 Å². The summed E-state index contributed by atoms with van der Waals surface area (Å²) in [6, 6.07) is 24.8. The molecule has 0 unspecified atom stereocenters. The van der Waals surface area contributed by atoms with Gasteiger partial charge in [-0.2, -0.15) is 0 Å². The van der Waals surface area contributed by atoms with Gasteiger partial charge in [-0.1, -0.05) is 66.2 Å². The molecule has 28 heavy (non-hydrogen) atoms. The first-order chi connectivity index (χ1) is 13.6. The molecular weight excluding hydrogens is 344 g/mol. The second kappa shape index (κ2) is 6.31. The molecular formula is C25H20N2O. The minimum absolute atomic E-state index is 0.0240. The monoisotopic (exact) mass is 364 g/mol. The topological polar surface area (TPSA) is 32.7 Å². The molecule has 0 bridgehead atoms. The fourth-order valence-corrected chi connectivity index (χ4v) is 4.16. The Bertz CT molecular complexity index is 1170. The maximum Gasteiger partial charge on any atom is 0.224 e. The molecule has 0 saturated heterocycles. The molecule has 3 heteroatoms. The van der Waals surface area contributed by atoms with Crippen LogP contribution in [0, 0.1) is 6.92 Å². The second-order valence-corrected chi connectivity index (χ2v) is 7.32. The summed E-state index contributed by atoms with van der Waals surface area (Å²) in [5, 5.41) is 0. The van der Waals surface area contributed by atoms with Crippen molar-refractivity contribution < 1.29 is 4.79 Å². The van der Waals surface area contributed by atoms with Gasteiger partial charge in [0.15, 0.2) is 0 Å². The van der Waals surface area contributed by atoms with Crippen LogP contribution in [0.4, 0.5) is 11.4 Å². The lowest BCUT2D eigenvalue weighted by Gasteiger charge is -2.22. The lowest BCUT2D eigenvalue weighted by atomic mass is 9.96. The number of nitrogens with zero attached hydrogens (tertiary/aromatic N) is 2. The molecule has 3 nitrogen and oxygen atoms in total. The van der Waals surface area contributed by atoms with Gasteiger partial charge in [-0.3, -0.25) is 4.79 Å². The van der Waals surface area contributed by atoms with E-state index in [4.69, 9.17) is 4.99 Å². The number of aryl methyl sites for hydroxylation is 1. The summed E-state index contributed by atoms with van der Waals surface area (Å²) in [4.78, 5) is 19.4. The van der Waals surface area contributed by atoms with Crippen LogP contribution < -0.4 is 4.90 Å². The van der Waals surface area contributed by atoms with Crippen molar-refractivity contribution in [3.05, 3.63) is 101 Å². The third-order valence-corrected chi connectivity index (χ3v) is 5.45. The molecule has 3 aromatic carbocycles. The van der Waals surface area contributed by atoms with Gasteiger partial charge in [0.25, 0.3) is 0 Å². The summed E-state index contributed by atoms with van der Waals surface area (Å²) in [6.45, 7) is 4.25. The van der Waals surface area contributed by atoms with Gasteiger partial charge < -0.3 is 4.90 Å². The fraction of sp³-hybridized carbons (Fsp3) is 0.120. The van der Waals surface area contributed by atoms with E-state index < -0.39 is 0 Å². The van der Waals surface area contributed by atoms with Crippen molar-refractivity contribution in [3.8, 4) is 0 Å². The van der Waals surface area contributed by atoms with Crippen LogP contribution >= 0.6 is 0 Å². The summed E-state index contributed by atoms with van der Waals surface area (Å²) < 4.78 is 0. The van der Waals surface area contributed by atoms with Crippen LogP contribution in [0.1, 0.15) is 29.2 Å². The van der Waals surface area contributed by atoms with Crippen molar-refractivity contribution in [1.82, 2.24) is 0 Å². The van der Waals surface area contributed by atoms with E-state index in [2.05, 4.69) is 49.4 Å². The maximum atomic E-state index is 12.5. The van der Waals surface area contributed by atoms with E-state index in [9.17, 15) is 4.79 Å². The summed E-state index contributed by atoms with van der Waals surface area (Å²) in [6.07, 6.45) is 0. The van der Waals surface area contributed by atoms with Crippen LogP contribution in [-0.2, 0) is 4.79 Å². The molecule has 1 aliphatic heterocycles. The summed E-state index contributed by atoms with van der Waals surface area (Å²) in [5.41, 5.74) is 9.68. The van der Waals surface area contributed by atoms with Gasteiger partial charge in [-0.25, -0.2) is 4.99 Å². The van der Waals surface area contributed by atoms with Gasteiger partial charge >= 0.3 is 0 Å². The Hall–Kier alpha value is -3.46. The van der Waals surface area contributed by atoms with E-state index in [1.54, 1.807) is 6.92 Å². The van der Waals surface area contributed by atoms with Crippen LogP contribution in [0.15, 0.2) is 83.4 Å². The van der Waals surface area contributed by atoms with Crippen molar-refractivity contribution in [1.29, 1.82) is 0 Å². The minimum atomic E-state index is 0.0240. The molecule has 3 aromatic rings. The van der Waals surface area contributed by atoms with Gasteiger partial charge in [0.2, 0.25) is 5.91 Å². The molecule has 0 N–H and O–H groups in total. The predicted octanol–water partition coefficient (Wildman–Crippen LogP) is 5.30. The van der Waals surface area contributed by atoms with Gasteiger partial charge in [0.05, 0.1) is 23.6 Å². The van der Waals surface area contributed by atoms with Crippen molar-refractivity contribution in [2.24, 2.45) is 4.99 Å². The Labute approximate surface area is 164 Å². The summed E-state index contributed by atoms with van der Waals surface area (Å²) in [7, 11) is 0. The van der Waals surface area contributed by atoms with Crippen LogP contribution in [0.5, 0.6) is 0 Å². The highest BCUT2D eigenvalue weighted by atomic mass is 16.2. The molecule has 0 fully saturated rings. The highest BCUT2D eigenvalue weighted by molar-refractivity contribution is 6.27. The highest BCUT2D eigenvalue weighted by Gasteiger charge is 2.33. The Morgan fingerprint density at radius 1 is 0.929 bits per heavy atom. The van der Waals surface area contributed by atoms with Gasteiger partial charge in [-0.15, -0.1) is 0 Å². The number of para-hydroxylation sites is 2. The lowest BCUT2D eigenvalue weighted by Crippen LogP contribution is -2.31. The Balaban J connectivity index is 1.84. The molecule has 0 radical (unpaired) electrons. The maximum absolute atomic E-state index is 12.5. The Kier molecular flexibility index (Phi) is 3.76. The van der Waals surface area contributed by atoms with Crippen LogP contribution in [-0.4, -0.2) is 18.2 Å². The number of hydrogen-bond acceptors (Lipinski definition) is 2. The Morgan fingerprint density at radius 2 is 1.68 bits per heavy atom. The van der Waals surface area contributed by atoms with E-state index in [-0.39, 0.29) is 5.91 Å². The number of amides is 1. The standard InChI is InChI=1S/C25H20N2O/c1-16-12-13-19-20(14-16)24(18-8-4-3-5-9-18)21-15-27(17(2)28)23-11-7-6-10-22(23)26-25(19)21/h3-14H,15H2,1-2H3. The number of hydrogen-bond donors (Lipinski definition) is 0. The van der Waals surface area contributed by atoms with E-state index in [0.717, 1.165) is 33.8 Å². The van der Waals surface area contributed by atoms with Crippen LogP contribution in [0.25, 0.3) is 5.57 Å². The first kappa shape index (κ1) is 16.7. The van der Waals surface area contributed by atoms with E-state index in [0.29, 0.717) is 6.54 Å². The van der Waals surface area contributed by atoms with Gasteiger partial charge in [0.1, 0.15) is 0 Å². The number of fused-ring (bicyclic) bond motifs is 4. The number of aliphatic imine (C=N–C) groups is 1. The van der Waals surface area contributed by atoms with Crippen molar-refractivity contribution in [2.45, 2.75) is 13.8 Å². The predicted molar refractivity (Wildman–Crippen MR) is 114 cm³/mol. The zero-order chi connectivity index (χ0) is 19.3. The molecule has 0 atom stereocenters. The average Bonchev–Trinajstić information content (AvgIpc) is 2.88. The van der Waals surface area contributed by atoms with Crippen LogP contribution in [0.3, 0.4) is 0 Å². The molecule has 1 amide bonds. The van der Waals surface area contributed by atoms with Crippen molar-refractivity contribution in [3.63, 3.8) is 0 Å². The Morgan fingerprint density at radius 3 is 2.46 bits per heavy atom. The molecule has 1 heterocycles. The van der Waals surface area contributed by atoms with E-state index in [1.807, 2.05) is 35.2 Å². The first-order valence-corrected chi connectivity index (χ1v) is 9.49. The SMILES string of the molecule is CC(=O)N1CC2=C(c3ccccc3)c3cc(C)ccc3C2=Nc2ccccc21. The molecule has 0 spiro atoms. The minimum Gasteiger partial charge on any atom is -0.306 e. The molecule has 0 saturated carbocycles. The van der Waals surface area contributed by atoms with E-state index >= 15 is 0 Å². The number of rotatable bonds is 1. The second-order valence-electron chi connectivity index (χ2n) is 7.32. The fourth-order valence-electron chi connectivity index (χ4n) is 4.16. The van der Waals surface area contributed by atoms with Crippen molar-refractivity contribution >= 4 is 28.6 Å². The first-order valence-electron chi connectivity index (χ1n) is 9.49. The van der Waals surface area contributed by atoms with Gasteiger partial charge in [0, 0.05) is 18.1 Å². The molecule has 5 rings (SSSR count). The zero-order valence-electron chi connectivity index (χ0n) is 15.9. The molecule has 136 valence electrons. The molecule has 1 aliphatic carbocycles. The number of anilines is 1. The van der Waals surface area contributed by atoms with Crippen LogP contribution in [0.2, 0.25) is 0 Å². The number of benzene rings is 3. The quantitative estimate of drug-likeness (QED) is 0.577. The summed E-state index contributed by atoms with van der Waals surface area (Å²) >= 11 is 0. The number of carbonyl (C=O) groups excluding carboxylic acids is 1. The largest absolute Gasteiger partial charge is 0.306 e. The molecule has 0 aromatic heterocycles. The van der Waals surface area contributed by atoms with E-state index in [1.165, 1.54) is 16.7 Å². The highest BCUT2D eigenvalue weighted by Crippen LogP contribution is 2.43. The average molecular weight is 364 g/mol. The third kappa shape index (κ3) is 2.51. The number of carbonyl (C=O) groups is 1. The zero-order valence-corrected chi connectivity index (χ0v) is 15.9. The normalized spacial score (nSPS) is 14.8. The lowest BCUT2D eigenvalue weighted by molar-refractivity contribution is -0.116. The smallest absolute Gasteiger partial charge is 0.224 e. The molecule has 2 aliphatic rings.